The van der Waals surface area contributed by atoms with Crippen molar-refractivity contribution in [2.45, 2.75) is 13.8 Å². The second-order valence-electron chi connectivity index (χ2n) is 5.06. The molecule has 0 saturated carbocycles. The number of hydrogen-bond donors (Lipinski definition) is 1. The Kier molecular flexibility index (Phi) is 3.82. The Balaban J connectivity index is 2.10. The van der Waals surface area contributed by atoms with Crippen LogP contribution in [-0.4, -0.2) is 9.97 Å². The molecule has 0 bridgehead atoms. The number of nitrogens with one attached hydrogen (secondary N) is 1. The zero-order chi connectivity index (χ0) is 15.7. The van der Waals surface area contributed by atoms with Gasteiger partial charge in [-0.15, -0.1) is 0 Å². The Labute approximate surface area is 128 Å². The minimum Gasteiger partial charge on any atom is -0.340 e. The van der Waals surface area contributed by atoms with Gasteiger partial charge in [-0.25, -0.2) is 14.4 Å². The van der Waals surface area contributed by atoms with Gasteiger partial charge < -0.3 is 5.32 Å². The van der Waals surface area contributed by atoms with Gasteiger partial charge in [0, 0.05) is 16.4 Å². The highest BCUT2D eigenvalue weighted by Crippen LogP contribution is 2.25. The Bertz CT molecular complexity index is 883. The highest BCUT2D eigenvalue weighted by Gasteiger charge is 2.09. The van der Waals surface area contributed by atoms with Crippen LogP contribution in [0.25, 0.3) is 10.9 Å². The molecular weight excluding hydrogens is 300 g/mol. The summed E-state index contributed by atoms with van der Waals surface area (Å²) in [6.45, 7) is 3.59. The molecule has 110 valence electrons. The van der Waals surface area contributed by atoms with E-state index in [0.29, 0.717) is 16.7 Å². The standard InChI is InChI=1S/C16H13FN3OP/c1-9-5-11(3-4-13(9)17)20-16-12-7-15(22-21)10(2)6-14(12)18-8-19-16/h3-8H,1-2H3,(H,18,19,20). The van der Waals surface area contributed by atoms with E-state index in [1.807, 2.05) is 13.0 Å². The molecule has 4 nitrogen and oxygen atoms in total. The molecule has 22 heavy (non-hydrogen) atoms. The number of nitrogens with zero attached hydrogens (tertiary/aromatic N) is 2. The summed E-state index contributed by atoms with van der Waals surface area (Å²) in [5.74, 6) is 0.349. The molecule has 0 fully saturated rings. The van der Waals surface area contributed by atoms with Crippen molar-refractivity contribution in [1.29, 1.82) is 0 Å². The van der Waals surface area contributed by atoms with Crippen molar-refractivity contribution < 1.29 is 8.96 Å². The number of halogens is 1. The zero-order valence-electron chi connectivity index (χ0n) is 12.1. The van der Waals surface area contributed by atoms with Crippen molar-refractivity contribution in [2.75, 3.05) is 5.32 Å². The third-order valence-electron chi connectivity index (χ3n) is 3.47. The van der Waals surface area contributed by atoms with Crippen LogP contribution in [0.5, 0.6) is 0 Å². The topological polar surface area (TPSA) is 54.9 Å². The smallest absolute Gasteiger partial charge is 0.192 e. The summed E-state index contributed by atoms with van der Waals surface area (Å²) in [6.07, 6.45) is 1.47. The maximum absolute atomic E-state index is 13.3. The molecule has 0 atom stereocenters. The molecule has 0 aliphatic heterocycles. The molecule has 0 saturated heterocycles. The van der Waals surface area contributed by atoms with Crippen LogP contribution < -0.4 is 10.6 Å². The molecule has 3 rings (SSSR count). The predicted molar refractivity (Wildman–Crippen MR) is 85.9 cm³/mol. The van der Waals surface area contributed by atoms with Crippen molar-refractivity contribution in [3.63, 3.8) is 0 Å². The van der Waals surface area contributed by atoms with Gasteiger partial charge in [-0.3, -0.25) is 4.57 Å². The first-order valence-electron chi connectivity index (χ1n) is 6.70. The maximum atomic E-state index is 13.3. The summed E-state index contributed by atoms with van der Waals surface area (Å²) in [7, 11) is -0.0417. The lowest BCUT2D eigenvalue weighted by molar-refractivity contribution is 0.603. The molecule has 0 aliphatic carbocycles. The van der Waals surface area contributed by atoms with E-state index >= 15 is 0 Å². The van der Waals surface area contributed by atoms with Crippen LogP contribution >= 0.6 is 8.46 Å². The monoisotopic (exact) mass is 313 g/mol. The zero-order valence-corrected chi connectivity index (χ0v) is 13.0. The second-order valence-corrected chi connectivity index (χ2v) is 5.72. The highest BCUT2D eigenvalue weighted by atomic mass is 31.1. The Hall–Kier alpha value is -2.39. The first-order valence-corrected chi connectivity index (χ1v) is 7.51. The van der Waals surface area contributed by atoms with E-state index in [-0.39, 0.29) is 14.3 Å². The van der Waals surface area contributed by atoms with Gasteiger partial charge in [0.25, 0.3) is 0 Å². The van der Waals surface area contributed by atoms with E-state index in [1.54, 1.807) is 25.1 Å². The van der Waals surface area contributed by atoms with E-state index < -0.39 is 0 Å². The van der Waals surface area contributed by atoms with Gasteiger partial charge >= 0.3 is 0 Å². The van der Waals surface area contributed by atoms with Crippen molar-refractivity contribution >= 4 is 36.2 Å². The van der Waals surface area contributed by atoms with Gasteiger partial charge in [0.2, 0.25) is 0 Å². The molecule has 2 aromatic carbocycles. The predicted octanol–water partition coefficient (Wildman–Crippen LogP) is 4.05. The van der Waals surface area contributed by atoms with Gasteiger partial charge in [-0.1, -0.05) is 0 Å². The lowest BCUT2D eigenvalue weighted by atomic mass is 10.1. The summed E-state index contributed by atoms with van der Waals surface area (Å²) in [5, 5.41) is 4.63. The third-order valence-corrected chi connectivity index (χ3v) is 4.15. The quantitative estimate of drug-likeness (QED) is 0.741. The molecular formula is C16H13FN3OP. The Morgan fingerprint density at radius 3 is 2.64 bits per heavy atom. The number of hydrogen-bond acceptors (Lipinski definition) is 4. The number of aromatic nitrogens is 2. The molecule has 0 amide bonds. The Morgan fingerprint density at radius 2 is 1.91 bits per heavy atom. The molecule has 6 heteroatoms. The first-order chi connectivity index (χ1) is 10.6. The van der Waals surface area contributed by atoms with Crippen LogP contribution in [0.15, 0.2) is 36.7 Å². The summed E-state index contributed by atoms with van der Waals surface area (Å²) >= 11 is 0. The normalized spacial score (nSPS) is 11.0. The van der Waals surface area contributed by atoms with Crippen molar-refractivity contribution in [3.8, 4) is 0 Å². The first kappa shape index (κ1) is 14.5. The van der Waals surface area contributed by atoms with Gasteiger partial charge in [0.05, 0.1) is 5.52 Å². The molecule has 0 unspecified atom stereocenters. The second kappa shape index (κ2) is 5.78. The van der Waals surface area contributed by atoms with E-state index in [0.717, 1.165) is 22.2 Å². The molecule has 0 radical (unpaired) electrons. The van der Waals surface area contributed by atoms with Crippen LogP contribution in [-0.2, 0) is 4.57 Å². The van der Waals surface area contributed by atoms with Crippen LogP contribution in [0, 0.1) is 19.7 Å². The molecule has 1 N–H and O–H groups in total. The van der Waals surface area contributed by atoms with Gasteiger partial charge in [0.1, 0.15) is 18.0 Å². The molecule has 3 aromatic rings. The molecule has 1 aromatic heterocycles. The van der Waals surface area contributed by atoms with Crippen molar-refractivity contribution in [3.05, 3.63) is 53.6 Å². The van der Waals surface area contributed by atoms with E-state index in [4.69, 9.17) is 0 Å². The number of benzene rings is 2. The minimum atomic E-state index is -0.249. The minimum absolute atomic E-state index is 0.0417. The number of anilines is 2. The summed E-state index contributed by atoms with van der Waals surface area (Å²) in [4.78, 5) is 8.47. The van der Waals surface area contributed by atoms with Crippen LogP contribution in [0.1, 0.15) is 11.1 Å². The van der Waals surface area contributed by atoms with Crippen molar-refractivity contribution in [2.24, 2.45) is 0 Å². The molecule has 0 aliphatic rings. The fourth-order valence-corrected chi connectivity index (χ4v) is 2.64. The SMILES string of the molecule is Cc1cc(Nc2ncnc3cc(C)c(P=O)cc23)ccc1F. The average Bonchev–Trinajstić information content (AvgIpc) is 2.50. The van der Waals surface area contributed by atoms with E-state index in [1.165, 1.54) is 12.4 Å². The fourth-order valence-electron chi connectivity index (χ4n) is 2.25. The van der Waals surface area contributed by atoms with Gasteiger partial charge in [0.15, 0.2) is 8.46 Å². The highest BCUT2D eigenvalue weighted by molar-refractivity contribution is 7.34. The number of aryl methyl sites for hydroxylation is 2. The lowest BCUT2D eigenvalue weighted by Gasteiger charge is -2.10. The van der Waals surface area contributed by atoms with E-state index in [2.05, 4.69) is 15.3 Å². The van der Waals surface area contributed by atoms with Crippen LogP contribution in [0.2, 0.25) is 0 Å². The van der Waals surface area contributed by atoms with Crippen LogP contribution in [0.3, 0.4) is 0 Å². The Morgan fingerprint density at radius 1 is 1.09 bits per heavy atom. The maximum Gasteiger partial charge on any atom is 0.192 e. The van der Waals surface area contributed by atoms with E-state index in [9.17, 15) is 8.96 Å². The summed E-state index contributed by atoms with van der Waals surface area (Å²) in [6, 6.07) is 8.45. The number of fused-ring (bicyclic) bond motifs is 1. The lowest BCUT2D eigenvalue weighted by Crippen LogP contribution is -2.02. The summed E-state index contributed by atoms with van der Waals surface area (Å²) < 4.78 is 24.6. The molecule has 0 spiro atoms. The van der Waals surface area contributed by atoms with Crippen LogP contribution in [0.4, 0.5) is 15.9 Å². The molecule has 1 heterocycles. The average molecular weight is 313 g/mol. The van der Waals surface area contributed by atoms with Gasteiger partial charge in [-0.2, -0.15) is 0 Å². The van der Waals surface area contributed by atoms with Crippen molar-refractivity contribution in [1.82, 2.24) is 9.97 Å². The third kappa shape index (κ3) is 2.68. The summed E-state index contributed by atoms with van der Waals surface area (Å²) in [5.41, 5.74) is 2.96. The van der Waals surface area contributed by atoms with Gasteiger partial charge in [-0.05, 0) is 55.3 Å². The largest absolute Gasteiger partial charge is 0.340 e. The number of rotatable bonds is 3. The fraction of sp³-hybridized carbons (Fsp3) is 0.125.